The second kappa shape index (κ2) is 7.16. The van der Waals surface area contributed by atoms with Crippen LogP contribution in [0.2, 0.25) is 0 Å². The van der Waals surface area contributed by atoms with Gasteiger partial charge in [0.2, 0.25) is 0 Å². The molecule has 0 bridgehead atoms. The summed E-state index contributed by atoms with van der Waals surface area (Å²) >= 11 is 0. The predicted octanol–water partition coefficient (Wildman–Crippen LogP) is 0.136. The topological polar surface area (TPSA) is 90.1 Å². The second-order valence-electron chi connectivity index (χ2n) is 5.42. The van der Waals surface area contributed by atoms with E-state index in [9.17, 15) is 8.42 Å². The van der Waals surface area contributed by atoms with Crippen molar-refractivity contribution in [3.05, 3.63) is 11.8 Å². The lowest BCUT2D eigenvalue weighted by molar-refractivity contribution is 0.313. The molecule has 0 fully saturated rings. The summed E-state index contributed by atoms with van der Waals surface area (Å²) in [6.07, 6.45) is 1.54. The van der Waals surface area contributed by atoms with Crippen LogP contribution in [-0.4, -0.2) is 56.2 Å². The van der Waals surface area contributed by atoms with Crippen molar-refractivity contribution in [2.75, 3.05) is 20.6 Å². The molecule has 0 aliphatic heterocycles. The Morgan fingerprint density at radius 3 is 2.55 bits per heavy atom. The van der Waals surface area contributed by atoms with Crippen LogP contribution >= 0.6 is 0 Å². The largest absolute Gasteiger partial charge is 0.310 e. The van der Waals surface area contributed by atoms with Crippen LogP contribution in [0.15, 0.2) is 11.2 Å². The maximum atomic E-state index is 12.3. The Balaban J connectivity index is 2.75. The van der Waals surface area contributed by atoms with Crippen LogP contribution in [0.1, 0.15) is 26.3 Å². The van der Waals surface area contributed by atoms with Gasteiger partial charge in [-0.3, -0.25) is 5.10 Å². The average molecular weight is 303 g/mol. The maximum absolute atomic E-state index is 12.3. The lowest BCUT2D eigenvalue weighted by Crippen LogP contribution is -2.38. The molecule has 1 atom stereocenters. The molecule has 1 rings (SSSR count). The van der Waals surface area contributed by atoms with Crippen LogP contribution in [0.5, 0.6) is 0 Å². The summed E-state index contributed by atoms with van der Waals surface area (Å²) in [6.45, 7) is 6.78. The van der Waals surface area contributed by atoms with E-state index in [0.29, 0.717) is 18.7 Å². The molecule has 1 unspecified atom stereocenters. The van der Waals surface area contributed by atoms with Gasteiger partial charge in [0.05, 0.1) is 6.20 Å². The smallest absolute Gasteiger partial charge is 0.257 e. The zero-order chi connectivity index (χ0) is 15.3. The molecule has 1 heterocycles. The highest BCUT2D eigenvalue weighted by Crippen LogP contribution is 2.11. The van der Waals surface area contributed by atoms with Gasteiger partial charge in [0, 0.05) is 30.7 Å². The third-order valence-electron chi connectivity index (χ3n) is 3.10. The maximum Gasteiger partial charge on any atom is 0.257 e. The van der Waals surface area contributed by atoms with Crippen molar-refractivity contribution in [1.82, 2.24) is 25.1 Å². The van der Waals surface area contributed by atoms with Crippen molar-refractivity contribution in [2.24, 2.45) is 0 Å². The van der Waals surface area contributed by atoms with E-state index in [4.69, 9.17) is 0 Å². The first-order chi connectivity index (χ1) is 9.24. The summed E-state index contributed by atoms with van der Waals surface area (Å²) < 4.78 is 27.1. The lowest BCUT2D eigenvalue weighted by atomic mass is 10.3. The minimum absolute atomic E-state index is 0.116. The first kappa shape index (κ1) is 17.1. The molecule has 0 aromatic carbocycles. The second-order valence-corrected chi connectivity index (χ2v) is 7.13. The number of H-pyrrole nitrogens is 1. The lowest BCUT2D eigenvalue weighted by Gasteiger charge is -2.19. The number of nitrogens with zero attached hydrogens (tertiary/aromatic N) is 2. The molecule has 1 aromatic heterocycles. The van der Waals surface area contributed by atoms with Crippen molar-refractivity contribution in [3.63, 3.8) is 0 Å². The van der Waals surface area contributed by atoms with Gasteiger partial charge in [0.1, 0.15) is 0 Å². The number of likely N-dealkylation sites (N-methyl/N-ethyl adjacent to an activating group) is 1. The quantitative estimate of drug-likeness (QED) is 0.635. The minimum atomic E-state index is -3.56. The van der Waals surface area contributed by atoms with Crippen LogP contribution in [0.3, 0.4) is 0 Å². The third-order valence-corrected chi connectivity index (χ3v) is 4.54. The molecule has 0 spiro atoms. The van der Waals surface area contributed by atoms with E-state index in [1.165, 1.54) is 0 Å². The molecule has 0 saturated heterocycles. The summed E-state index contributed by atoms with van der Waals surface area (Å²) in [5.74, 6) is 0. The van der Waals surface area contributed by atoms with Gasteiger partial charge in [-0.25, -0.2) is 13.1 Å². The van der Waals surface area contributed by atoms with E-state index in [-0.39, 0.29) is 17.1 Å². The Kier molecular flexibility index (Phi) is 6.12. The highest BCUT2D eigenvalue weighted by Gasteiger charge is 2.21. The van der Waals surface area contributed by atoms with Gasteiger partial charge in [0.25, 0.3) is 10.0 Å². The molecule has 0 amide bonds. The van der Waals surface area contributed by atoms with E-state index in [2.05, 4.69) is 20.2 Å². The summed E-state index contributed by atoms with van der Waals surface area (Å²) in [6, 6.07) is 0.395. The number of hydrogen-bond acceptors (Lipinski definition) is 5. The van der Waals surface area contributed by atoms with Crippen molar-refractivity contribution in [2.45, 2.75) is 44.4 Å². The molecule has 1 aromatic rings. The summed E-state index contributed by atoms with van der Waals surface area (Å²) in [5.41, 5.74) is 0.642. The Morgan fingerprint density at radius 1 is 1.35 bits per heavy atom. The first-order valence-corrected chi connectivity index (χ1v) is 8.14. The fraction of sp³-hybridized carbons (Fsp3) is 0.750. The van der Waals surface area contributed by atoms with Crippen molar-refractivity contribution in [1.29, 1.82) is 0 Å². The Bertz CT molecular complexity index is 510. The molecule has 0 aliphatic carbocycles. The fourth-order valence-corrected chi connectivity index (χ4v) is 2.70. The molecule has 0 aliphatic rings. The number of sulfonamides is 1. The average Bonchev–Trinajstić information content (AvgIpc) is 2.82. The van der Waals surface area contributed by atoms with Gasteiger partial charge in [-0.15, -0.1) is 0 Å². The summed E-state index contributed by atoms with van der Waals surface area (Å²) in [7, 11) is 0.261. The predicted molar refractivity (Wildman–Crippen MR) is 78.9 cm³/mol. The molecular formula is C12H25N5O2S. The molecule has 0 radical (unpaired) electrons. The fourth-order valence-electron chi connectivity index (χ4n) is 1.46. The van der Waals surface area contributed by atoms with Crippen molar-refractivity contribution >= 4 is 10.0 Å². The normalized spacial score (nSPS) is 14.2. The Morgan fingerprint density at radius 2 is 2.00 bits per heavy atom. The summed E-state index contributed by atoms with van der Waals surface area (Å²) in [5, 5.41) is 9.72. The van der Waals surface area contributed by atoms with Crippen LogP contribution in [0.4, 0.5) is 0 Å². The van der Waals surface area contributed by atoms with Crippen LogP contribution in [0, 0.1) is 0 Å². The van der Waals surface area contributed by atoms with Gasteiger partial charge >= 0.3 is 0 Å². The highest BCUT2D eigenvalue weighted by molar-refractivity contribution is 7.89. The molecule has 116 valence electrons. The van der Waals surface area contributed by atoms with Crippen LogP contribution < -0.4 is 10.0 Å². The molecule has 0 saturated carbocycles. The molecular weight excluding hydrogens is 278 g/mol. The van der Waals surface area contributed by atoms with E-state index in [0.717, 1.165) is 0 Å². The standard InChI is InChI=1S/C12H25N5O2S/c1-9(2)13-7-11-8-14-16-12(11)20(18,19)15-6-10(3)17(4)5/h8-10,13,15H,6-7H2,1-5H3,(H,14,16). The van der Waals surface area contributed by atoms with Gasteiger partial charge in [-0.05, 0) is 21.0 Å². The zero-order valence-electron chi connectivity index (χ0n) is 12.8. The monoisotopic (exact) mass is 303 g/mol. The minimum Gasteiger partial charge on any atom is -0.310 e. The number of aromatic amines is 1. The van der Waals surface area contributed by atoms with Crippen LogP contribution in [0.25, 0.3) is 0 Å². The molecule has 8 heteroatoms. The van der Waals surface area contributed by atoms with E-state index >= 15 is 0 Å². The number of rotatable bonds is 8. The molecule has 7 nitrogen and oxygen atoms in total. The molecule has 20 heavy (non-hydrogen) atoms. The zero-order valence-corrected chi connectivity index (χ0v) is 13.6. The van der Waals surface area contributed by atoms with Crippen molar-refractivity contribution < 1.29 is 8.42 Å². The number of aromatic nitrogens is 2. The first-order valence-electron chi connectivity index (χ1n) is 6.65. The van der Waals surface area contributed by atoms with Gasteiger partial charge in [0.15, 0.2) is 5.03 Å². The number of nitrogens with one attached hydrogen (secondary N) is 3. The molecule has 3 N–H and O–H groups in total. The van der Waals surface area contributed by atoms with E-state index in [1.54, 1.807) is 6.20 Å². The van der Waals surface area contributed by atoms with E-state index in [1.807, 2.05) is 39.8 Å². The third kappa shape index (κ3) is 4.86. The van der Waals surface area contributed by atoms with Gasteiger partial charge < -0.3 is 10.2 Å². The Hall–Kier alpha value is -0.960. The van der Waals surface area contributed by atoms with Gasteiger partial charge in [-0.1, -0.05) is 13.8 Å². The van der Waals surface area contributed by atoms with Crippen LogP contribution in [-0.2, 0) is 16.6 Å². The Labute approximate surface area is 121 Å². The van der Waals surface area contributed by atoms with Crippen molar-refractivity contribution in [3.8, 4) is 0 Å². The highest BCUT2D eigenvalue weighted by atomic mass is 32.2. The van der Waals surface area contributed by atoms with Gasteiger partial charge in [-0.2, -0.15) is 5.10 Å². The summed E-state index contributed by atoms with van der Waals surface area (Å²) in [4.78, 5) is 1.96. The SMILES string of the molecule is CC(C)NCc1cn[nH]c1S(=O)(=O)NCC(C)N(C)C. The van der Waals surface area contributed by atoms with E-state index < -0.39 is 10.0 Å². The number of hydrogen-bond donors (Lipinski definition) is 3.